The van der Waals surface area contributed by atoms with Crippen LogP contribution in [0.4, 0.5) is 0 Å². The minimum absolute atomic E-state index is 0.170. The minimum atomic E-state index is 0.170. The Morgan fingerprint density at radius 2 is 2.17 bits per heavy atom. The molecule has 0 bridgehead atoms. The van der Waals surface area contributed by atoms with Gasteiger partial charge in [-0.05, 0) is 26.2 Å². The molecule has 6 heteroatoms. The summed E-state index contributed by atoms with van der Waals surface area (Å²) >= 11 is 0. The van der Waals surface area contributed by atoms with E-state index in [2.05, 4.69) is 31.4 Å². The average molecular weight is 339 g/mol. The van der Waals surface area contributed by atoms with Gasteiger partial charge in [0.15, 0.2) is 5.96 Å². The number of ether oxygens (including phenoxy) is 3. The van der Waals surface area contributed by atoms with E-state index in [0.717, 1.165) is 64.7 Å². The Balaban J connectivity index is 1.43. The van der Waals surface area contributed by atoms with Crippen LogP contribution in [0.5, 0.6) is 0 Å². The van der Waals surface area contributed by atoms with Gasteiger partial charge >= 0.3 is 0 Å². The largest absolute Gasteiger partial charge is 0.379 e. The summed E-state index contributed by atoms with van der Waals surface area (Å²) in [5.74, 6) is 1.54. The van der Waals surface area contributed by atoms with Crippen LogP contribution < -0.4 is 10.6 Å². The molecule has 3 aliphatic rings. The van der Waals surface area contributed by atoms with E-state index in [4.69, 9.17) is 19.2 Å². The second-order valence-corrected chi connectivity index (χ2v) is 7.66. The summed E-state index contributed by atoms with van der Waals surface area (Å²) in [7, 11) is 0. The molecule has 4 unspecified atom stereocenters. The highest BCUT2D eigenvalue weighted by molar-refractivity contribution is 5.80. The van der Waals surface area contributed by atoms with Crippen molar-refractivity contribution in [1.29, 1.82) is 0 Å². The van der Waals surface area contributed by atoms with E-state index in [0.29, 0.717) is 18.1 Å². The molecule has 2 heterocycles. The molecule has 3 fully saturated rings. The highest BCUT2D eigenvalue weighted by Crippen LogP contribution is 2.52. The van der Waals surface area contributed by atoms with Gasteiger partial charge < -0.3 is 24.8 Å². The number of rotatable bonds is 7. The lowest BCUT2D eigenvalue weighted by molar-refractivity contribution is -0.106. The number of nitrogens with one attached hydrogen (secondary N) is 2. The predicted molar refractivity (Wildman–Crippen MR) is 94.3 cm³/mol. The summed E-state index contributed by atoms with van der Waals surface area (Å²) in [6, 6.07) is 0.440. The van der Waals surface area contributed by atoms with E-state index in [9.17, 15) is 0 Å². The fraction of sp³-hybridized carbons (Fsp3) is 0.944. The fourth-order valence-electron chi connectivity index (χ4n) is 4.23. The van der Waals surface area contributed by atoms with Crippen molar-refractivity contribution < 1.29 is 14.2 Å². The van der Waals surface area contributed by atoms with E-state index < -0.39 is 0 Å². The summed E-state index contributed by atoms with van der Waals surface area (Å²) in [5, 5.41) is 7.01. The first kappa shape index (κ1) is 18.0. The van der Waals surface area contributed by atoms with Gasteiger partial charge in [-0.15, -0.1) is 0 Å². The standard InChI is InChI=1S/C18H33N3O3/c1-4-19-17(20-8-5-9-23-13-6-10-22-12-13)21-15-14-7-11-24-16(14)18(15,2)3/h13-16H,4-12H2,1-3H3,(H2,19,20,21). The zero-order valence-electron chi connectivity index (χ0n) is 15.3. The van der Waals surface area contributed by atoms with Crippen molar-refractivity contribution in [3.05, 3.63) is 0 Å². The molecule has 6 nitrogen and oxygen atoms in total. The van der Waals surface area contributed by atoms with E-state index in [-0.39, 0.29) is 11.5 Å². The van der Waals surface area contributed by atoms with Crippen LogP contribution >= 0.6 is 0 Å². The van der Waals surface area contributed by atoms with E-state index in [1.807, 2.05) is 0 Å². The van der Waals surface area contributed by atoms with Gasteiger partial charge in [0.25, 0.3) is 0 Å². The average Bonchev–Trinajstić information content (AvgIpc) is 3.22. The molecule has 1 saturated carbocycles. The zero-order valence-corrected chi connectivity index (χ0v) is 15.3. The van der Waals surface area contributed by atoms with Gasteiger partial charge in [-0.2, -0.15) is 0 Å². The number of guanidine groups is 1. The Kier molecular flexibility index (Phi) is 6.00. The molecule has 2 N–H and O–H groups in total. The molecule has 0 spiro atoms. The Bertz CT molecular complexity index is 435. The van der Waals surface area contributed by atoms with Gasteiger partial charge in [-0.25, -0.2) is 0 Å². The molecular weight excluding hydrogens is 306 g/mol. The zero-order chi connectivity index (χ0) is 17.0. The third-order valence-corrected chi connectivity index (χ3v) is 5.55. The van der Waals surface area contributed by atoms with E-state index in [1.165, 1.54) is 0 Å². The first-order valence-electron chi connectivity index (χ1n) is 9.48. The molecule has 0 aromatic rings. The van der Waals surface area contributed by atoms with Crippen molar-refractivity contribution in [2.45, 2.75) is 58.3 Å². The van der Waals surface area contributed by atoms with Gasteiger partial charge in [-0.1, -0.05) is 13.8 Å². The fourth-order valence-corrected chi connectivity index (χ4v) is 4.23. The molecule has 1 aliphatic carbocycles. The number of hydrogen-bond donors (Lipinski definition) is 2. The lowest BCUT2D eigenvalue weighted by Crippen LogP contribution is -2.67. The van der Waals surface area contributed by atoms with Crippen molar-refractivity contribution >= 4 is 5.96 Å². The summed E-state index contributed by atoms with van der Waals surface area (Å²) < 4.78 is 17.0. The molecular formula is C18H33N3O3. The van der Waals surface area contributed by atoms with Crippen LogP contribution in [0.15, 0.2) is 4.99 Å². The molecule has 2 saturated heterocycles. The predicted octanol–water partition coefficient (Wildman–Crippen LogP) is 1.55. The van der Waals surface area contributed by atoms with Crippen LogP contribution in [-0.2, 0) is 14.2 Å². The second-order valence-electron chi connectivity index (χ2n) is 7.66. The van der Waals surface area contributed by atoms with Crippen LogP contribution in [0.2, 0.25) is 0 Å². The minimum Gasteiger partial charge on any atom is -0.379 e. The molecule has 24 heavy (non-hydrogen) atoms. The number of fused-ring (bicyclic) bond motifs is 1. The smallest absolute Gasteiger partial charge is 0.191 e. The van der Waals surface area contributed by atoms with Gasteiger partial charge in [0.05, 0.1) is 18.8 Å². The lowest BCUT2D eigenvalue weighted by atomic mass is 9.57. The topological polar surface area (TPSA) is 64.1 Å². The third kappa shape index (κ3) is 3.86. The van der Waals surface area contributed by atoms with Crippen molar-refractivity contribution in [2.75, 3.05) is 39.5 Å². The highest BCUT2D eigenvalue weighted by atomic mass is 16.5. The van der Waals surface area contributed by atoms with Gasteiger partial charge in [-0.3, -0.25) is 4.99 Å². The Morgan fingerprint density at radius 1 is 1.29 bits per heavy atom. The maximum absolute atomic E-state index is 5.87. The first-order valence-corrected chi connectivity index (χ1v) is 9.48. The third-order valence-electron chi connectivity index (χ3n) is 5.55. The molecule has 2 aliphatic heterocycles. The van der Waals surface area contributed by atoms with Gasteiger partial charge in [0.2, 0.25) is 0 Å². The van der Waals surface area contributed by atoms with Gasteiger partial charge in [0, 0.05) is 50.3 Å². The van der Waals surface area contributed by atoms with Crippen molar-refractivity contribution in [3.8, 4) is 0 Å². The normalized spacial score (nSPS) is 34.7. The van der Waals surface area contributed by atoms with Crippen molar-refractivity contribution in [1.82, 2.24) is 10.6 Å². The second kappa shape index (κ2) is 8.02. The summed E-state index contributed by atoms with van der Waals surface area (Å²) in [4.78, 5) is 4.72. The van der Waals surface area contributed by atoms with Crippen LogP contribution in [0.25, 0.3) is 0 Å². The quantitative estimate of drug-likeness (QED) is 0.419. The molecule has 138 valence electrons. The van der Waals surface area contributed by atoms with Crippen LogP contribution in [-0.4, -0.2) is 63.7 Å². The van der Waals surface area contributed by atoms with Crippen LogP contribution in [0.1, 0.15) is 40.0 Å². The number of nitrogens with zero attached hydrogens (tertiary/aromatic N) is 1. The maximum Gasteiger partial charge on any atom is 0.191 e. The monoisotopic (exact) mass is 339 g/mol. The van der Waals surface area contributed by atoms with Crippen molar-refractivity contribution in [3.63, 3.8) is 0 Å². The summed E-state index contributed by atoms with van der Waals surface area (Å²) in [5.41, 5.74) is 0.170. The SMILES string of the molecule is CCNC(=NCCCOC1CCOC1)NC1C2CCOC2C1(C)C. The Labute approximate surface area is 145 Å². The Hall–Kier alpha value is -0.850. The maximum atomic E-state index is 5.87. The number of hydrogen-bond acceptors (Lipinski definition) is 4. The highest BCUT2D eigenvalue weighted by Gasteiger charge is 2.59. The van der Waals surface area contributed by atoms with E-state index in [1.54, 1.807) is 0 Å². The van der Waals surface area contributed by atoms with Gasteiger partial charge in [0.1, 0.15) is 0 Å². The lowest BCUT2D eigenvalue weighted by Gasteiger charge is -2.54. The molecule has 4 atom stereocenters. The molecule has 0 amide bonds. The van der Waals surface area contributed by atoms with E-state index >= 15 is 0 Å². The Morgan fingerprint density at radius 3 is 2.92 bits per heavy atom. The molecule has 3 rings (SSSR count). The van der Waals surface area contributed by atoms with Crippen LogP contribution in [0, 0.1) is 11.3 Å². The molecule has 0 radical (unpaired) electrons. The van der Waals surface area contributed by atoms with Crippen molar-refractivity contribution in [2.24, 2.45) is 16.3 Å². The molecule has 0 aromatic heterocycles. The summed E-state index contributed by atoms with van der Waals surface area (Å²) in [6.45, 7) is 11.6. The van der Waals surface area contributed by atoms with Crippen LogP contribution in [0.3, 0.4) is 0 Å². The summed E-state index contributed by atoms with van der Waals surface area (Å²) in [6.07, 6.45) is 3.81. The molecule has 0 aromatic carbocycles. The first-order chi connectivity index (χ1) is 11.6. The number of aliphatic imine (C=N–C) groups is 1.